The molecule has 1 N–H and O–H groups in total. The first-order valence-corrected chi connectivity index (χ1v) is 14.3. The van der Waals surface area contributed by atoms with Gasteiger partial charge < -0.3 is 4.98 Å². The Morgan fingerprint density at radius 1 is 0.789 bits per heavy atom. The highest BCUT2D eigenvalue weighted by atomic mass is 14.8. The monoisotopic (exact) mass is 511 g/mol. The molecule has 1 heteroatoms. The molecule has 0 fully saturated rings. The molecule has 1 aromatic heterocycles. The molecule has 1 aliphatic rings. The van der Waals surface area contributed by atoms with Crippen LogP contribution < -0.4 is 0 Å². The molecule has 2 aromatic rings. The Labute approximate surface area is 235 Å². The van der Waals surface area contributed by atoms with Gasteiger partial charge in [0.1, 0.15) is 0 Å². The van der Waals surface area contributed by atoms with Crippen molar-refractivity contribution >= 4 is 16.7 Å². The van der Waals surface area contributed by atoms with Crippen LogP contribution in [0.2, 0.25) is 0 Å². The Kier molecular flexibility index (Phi) is 22.9. The molecule has 1 nitrogen and oxygen atoms in total. The van der Waals surface area contributed by atoms with Gasteiger partial charge in [-0.3, -0.25) is 0 Å². The molecule has 0 atom stereocenters. The SMILES string of the molecule is C=C/C=C(\C=C/C)c1[nH]c(C2=CCCC=C2)c(-c2ccccc2)c1/C(C=C)=C/C=C.CC.CC.CC.CC. The van der Waals surface area contributed by atoms with Crippen LogP contribution in [0, 0.1) is 0 Å². The fourth-order valence-corrected chi connectivity index (χ4v) is 3.82. The van der Waals surface area contributed by atoms with E-state index in [1.165, 1.54) is 16.7 Å². The van der Waals surface area contributed by atoms with Crippen molar-refractivity contribution in [2.45, 2.75) is 75.2 Å². The summed E-state index contributed by atoms with van der Waals surface area (Å²) in [6.45, 7) is 30.0. The van der Waals surface area contributed by atoms with E-state index in [1.54, 1.807) is 0 Å². The molecule has 0 saturated carbocycles. The lowest BCUT2D eigenvalue weighted by Crippen LogP contribution is -1.91. The van der Waals surface area contributed by atoms with Crippen LogP contribution in [-0.4, -0.2) is 4.98 Å². The summed E-state index contributed by atoms with van der Waals surface area (Å²) in [7, 11) is 0. The van der Waals surface area contributed by atoms with E-state index in [-0.39, 0.29) is 0 Å². The van der Waals surface area contributed by atoms with Gasteiger partial charge in [-0.1, -0.05) is 166 Å². The topological polar surface area (TPSA) is 15.8 Å². The largest absolute Gasteiger partial charge is 0.354 e. The highest BCUT2D eigenvalue weighted by molar-refractivity contribution is 5.99. The average Bonchev–Trinajstić information content (AvgIpc) is 3.41. The molecule has 1 aromatic carbocycles. The van der Waals surface area contributed by atoms with Crippen LogP contribution in [0.3, 0.4) is 0 Å². The maximum atomic E-state index is 4.09. The number of rotatable bonds is 8. The summed E-state index contributed by atoms with van der Waals surface area (Å²) in [5.74, 6) is 0. The number of aromatic nitrogens is 1. The summed E-state index contributed by atoms with van der Waals surface area (Å²) < 4.78 is 0. The molecular formula is C37H53N. The number of hydrogen-bond donors (Lipinski definition) is 1. The number of allylic oxidation sites excluding steroid dienone is 13. The molecule has 0 amide bonds. The van der Waals surface area contributed by atoms with Gasteiger partial charge in [0.15, 0.2) is 0 Å². The lowest BCUT2D eigenvalue weighted by molar-refractivity contribution is 1.04. The summed E-state index contributed by atoms with van der Waals surface area (Å²) >= 11 is 0. The van der Waals surface area contributed by atoms with E-state index in [1.807, 2.05) is 105 Å². The fourth-order valence-electron chi connectivity index (χ4n) is 3.82. The molecule has 0 saturated heterocycles. The second-order valence-corrected chi connectivity index (χ2v) is 7.05. The minimum absolute atomic E-state index is 1.03. The van der Waals surface area contributed by atoms with Gasteiger partial charge in [-0.15, -0.1) is 0 Å². The number of H-pyrrole nitrogens is 1. The van der Waals surface area contributed by atoms with E-state index in [0.29, 0.717) is 0 Å². The van der Waals surface area contributed by atoms with E-state index in [4.69, 9.17) is 0 Å². The molecule has 1 aliphatic carbocycles. The number of benzene rings is 1. The van der Waals surface area contributed by atoms with Crippen molar-refractivity contribution in [1.29, 1.82) is 0 Å². The molecule has 0 radical (unpaired) electrons. The van der Waals surface area contributed by atoms with E-state index < -0.39 is 0 Å². The fraction of sp³-hybridized carbons (Fsp3) is 0.297. The molecule has 0 bridgehead atoms. The Balaban J connectivity index is 0. The quantitative estimate of drug-likeness (QED) is 0.339. The zero-order valence-electron chi connectivity index (χ0n) is 25.7. The second-order valence-electron chi connectivity index (χ2n) is 7.05. The Morgan fingerprint density at radius 3 is 1.84 bits per heavy atom. The van der Waals surface area contributed by atoms with Crippen LogP contribution >= 0.6 is 0 Å². The van der Waals surface area contributed by atoms with Gasteiger partial charge in [0.25, 0.3) is 0 Å². The van der Waals surface area contributed by atoms with E-state index >= 15 is 0 Å². The third kappa shape index (κ3) is 10.4. The van der Waals surface area contributed by atoms with Crippen LogP contribution in [0.15, 0.2) is 111 Å². The van der Waals surface area contributed by atoms with Crippen molar-refractivity contribution in [3.63, 3.8) is 0 Å². The van der Waals surface area contributed by atoms with Crippen LogP contribution in [-0.2, 0) is 0 Å². The summed E-state index contributed by atoms with van der Waals surface area (Å²) in [4.78, 5) is 3.75. The normalized spacial score (nSPS) is 12.2. The van der Waals surface area contributed by atoms with Crippen LogP contribution in [0.1, 0.15) is 92.1 Å². The van der Waals surface area contributed by atoms with E-state index in [0.717, 1.165) is 40.9 Å². The standard InChI is InChI=1S/C29H29N.4C2H6/c1-5-15-22(8-4)26-27(23-18-11-9-12-19-23)29(25-20-13-10-14-21-25)30-28(26)24(16-6-2)17-7-3;4*1-2/h5-9,11-13,15-21,30H,1-2,4,10,14H2,3H3;4*1-2H3/b17-7-,22-15+,24-16+;;;;. The lowest BCUT2D eigenvalue weighted by atomic mass is 9.90. The molecule has 38 heavy (non-hydrogen) atoms. The molecular weight excluding hydrogens is 458 g/mol. The predicted octanol–water partition coefficient (Wildman–Crippen LogP) is 12.4. The predicted molar refractivity (Wildman–Crippen MR) is 179 cm³/mol. The average molecular weight is 512 g/mol. The molecule has 0 aliphatic heterocycles. The van der Waals surface area contributed by atoms with Crippen LogP contribution in [0.25, 0.3) is 27.8 Å². The lowest BCUT2D eigenvalue weighted by Gasteiger charge is -2.12. The van der Waals surface area contributed by atoms with Crippen molar-refractivity contribution in [3.05, 3.63) is 128 Å². The third-order valence-electron chi connectivity index (χ3n) is 5.08. The van der Waals surface area contributed by atoms with Gasteiger partial charge in [-0.2, -0.15) is 0 Å². The van der Waals surface area contributed by atoms with Gasteiger partial charge in [-0.05, 0) is 42.0 Å². The van der Waals surface area contributed by atoms with Crippen molar-refractivity contribution in [2.24, 2.45) is 0 Å². The Hall–Kier alpha value is -3.58. The second kappa shape index (κ2) is 23.8. The molecule has 1 heterocycles. The van der Waals surface area contributed by atoms with Crippen LogP contribution in [0.4, 0.5) is 0 Å². The number of hydrogen-bond acceptors (Lipinski definition) is 0. The smallest absolute Gasteiger partial charge is 0.0544 e. The van der Waals surface area contributed by atoms with Gasteiger partial charge in [0.2, 0.25) is 0 Å². The van der Waals surface area contributed by atoms with Crippen molar-refractivity contribution in [3.8, 4) is 11.1 Å². The molecule has 206 valence electrons. The first kappa shape index (κ1) is 36.6. The Bertz CT molecular complexity index is 1080. The molecule has 0 spiro atoms. The summed E-state index contributed by atoms with van der Waals surface area (Å²) in [6.07, 6.45) is 22.6. The minimum atomic E-state index is 1.03. The minimum Gasteiger partial charge on any atom is -0.354 e. The van der Waals surface area contributed by atoms with Crippen LogP contribution in [0.5, 0.6) is 0 Å². The zero-order chi connectivity index (χ0) is 29.3. The van der Waals surface area contributed by atoms with Crippen molar-refractivity contribution < 1.29 is 0 Å². The van der Waals surface area contributed by atoms with E-state index in [9.17, 15) is 0 Å². The third-order valence-corrected chi connectivity index (χ3v) is 5.08. The molecule has 0 unspecified atom stereocenters. The summed E-state index contributed by atoms with van der Waals surface area (Å²) in [6, 6.07) is 10.5. The highest BCUT2D eigenvalue weighted by Gasteiger charge is 2.23. The van der Waals surface area contributed by atoms with Gasteiger partial charge in [0.05, 0.1) is 11.4 Å². The van der Waals surface area contributed by atoms with Crippen molar-refractivity contribution in [1.82, 2.24) is 4.98 Å². The molecule has 3 rings (SSSR count). The summed E-state index contributed by atoms with van der Waals surface area (Å²) in [5.41, 5.74) is 8.96. The van der Waals surface area contributed by atoms with Gasteiger partial charge in [0, 0.05) is 11.1 Å². The Morgan fingerprint density at radius 2 is 1.37 bits per heavy atom. The highest BCUT2D eigenvalue weighted by Crippen LogP contribution is 2.42. The van der Waals surface area contributed by atoms with Crippen molar-refractivity contribution in [2.75, 3.05) is 0 Å². The maximum absolute atomic E-state index is 4.09. The zero-order valence-corrected chi connectivity index (χ0v) is 25.7. The number of aromatic amines is 1. The first-order valence-electron chi connectivity index (χ1n) is 14.3. The number of nitrogens with one attached hydrogen (secondary N) is 1. The maximum Gasteiger partial charge on any atom is 0.0544 e. The first-order chi connectivity index (χ1) is 18.7. The van der Waals surface area contributed by atoms with E-state index in [2.05, 4.69) is 73.3 Å². The summed E-state index contributed by atoms with van der Waals surface area (Å²) in [5, 5.41) is 0. The van der Waals surface area contributed by atoms with Gasteiger partial charge >= 0.3 is 0 Å². The van der Waals surface area contributed by atoms with Gasteiger partial charge in [-0.25, -0.2) is 0 Å².